The summed E-state index contributed by atoms with van der Waals surface area (Å²) in [6, 6.07) is 1.28. The third-order valence-electron chi connectivity index (χ3n) is 3.84. The zero-order chi connectivity index (χ0) is 15.6. The fourth-order valence-electron chi connectivity index (χ4n) is 2.76. The summed E-state index contributed by atoms with van der Waals surface area (Å²) in [5.41, 5.74) is 0.231. The minimum absolute atomic E-state index is 0.0217. The second kappa shape index (κ2) is 3.82. The number of allylic oxidation sites excluding steroid dienone is 1. The van der Waals surface area contributed by atoms with E-state index in [-0.39, 0.29) is 39.0 Å². The Bertz CT molecular complexity index is 876. The van der Waals surface area contributed by atoms with Crippen molar-refractivity contribution in [3.8, 4) is 17.2 Å². The van der Waals surface area contributed by atoms with Crippen molar-refractivity contribution in [2.45, 2.75) is 13.8 Å². The summed E-state index contributed by atoms with van der Waals surface area (Å²) in [4.78, 5) is 12.1. The maximum absolute atomic E-state index is 12.1. The standard InChI is InChI=1S/C15H12O6/c1-4-3-6(16)8-9-7(4)13(19)15(21)14(20)10(9)12(18)5(2)11(8)17/h3,16-18,20-21H,1-2H3. The maximum Gasteiger partial charge on any atom is 0.232 e. The third-order valence-corrected chi connectivity index (χ3v) is 3.84. The number of hydrogen-bond acceptors (Lipinski definition) is 6. The van der Waals surface area contributed by atoms with Gasteiger partial charge >= 0.3 is 0 Å². The number of carbonyl (C=O) groups is 1. The van der Waals surface area contributed by atoms with Crippen molar-refractivity contribution >= 4 is 22.3 Å². The van der Waals surface area contributed by atoms with E-state index in [0.717, 1.165) is 0 Å². The van der Waals surface area contributed by atoms with Gasteiger partial charge in [-0.05, 0) is 25.5 Å². The number of aliphatic hydroxyl groups is 2. The first-order valence-corrected chi connectivity index (χ1v) is 6.15. The second-order valence-electron chi connectivity index (χ2n) is 5.06. The molecule has 0 atom stereocenters. The number of aromatic hydroxyl groups is 3. The lowest BCUT2D eigenvalue weighted by atomic mass is 9.84. The fourth-order valence-corrected chi connectivity index (χ4v) is 2.76. The molecule has 0 unspecified atom stereocenters. The first-order chi connectivity index (χ1) is 9.77. The monoisotopic (exact) mass is 288 g/mol. The van der Waals surface area contributed by atoms with E-state index < -0.39 is 23.1 Å². The number of carbonyl (C=O) groups excluding carboxylic acids is 1. The number of aliphatic hydroxyl groups excluding tert-OH is 2. The predicted octanol–water partition coefficient (Wildman–Crippen LogP) is 2.55. The number of rotatable bonds is 0. The number of Topliss-reactive ketones (excluding diaryl/α,β-unsaturated/α-hetero) is 1. The summed E-state index contributed by atoms with van der Waals surface area (Å²) < 4.78 is 0. The lowest BCUT2D eigenvalue weighted by Crippen LogP contribution is -2.14. The van der Waals surface area contributed by atoms with Crippen LogP contribution in [0.3, 0.4) is 0 Å². The number of benzene rings is 2. The lowest BCUT2D eigenvalue weighted by molar-refractivity contribution is 0.0974. The highest BCUT2D eigenvalue weighted by Gasteiger charge is 2.34. The molecule has 0 saturated heterocycles. The molecule has 0 heterocycles. The van der Waals surface area contributed by atoms with E-state index in [1.165, 1.54) is 13.0 Å². The molecular formula is C15H12O6. The molecule has 1 aliphatic rings. The summed E-state index contributed by atoms with van der Waals surface area (Å²) in [5.74, 6) is -3.60. The molecule has 0 aliphatic heterocycles. The summed E-state index contributed by atoms with van der Waals surface area (Å²) >= 11 is 0. The molecule has 6 nitrogen and oxygen atoms in total. The van der Waals surface area contributed by atoms with Gasteiger partial charge in [-0.3, -0.25) is 4.79 Å². The Balaban J connectivity index is 2.74. The van der Waals surface area contributed by atoms with E-state index in [9.17, 15) is 30.3 Å². The number of aryl methyl sites for hydroxylation is 1. The molecule has 5 N–H and O–H groups in total. The molecule has 21 heavy (non-hydrogen) atoms. The van der Waals surface area contributed by atoms with Gasteiger partial charge in [-0.25, -0.2) is 0 Å². The van der Waals surface area contributed by atoms with Crippen LogP contribution in [0.25, 0.3) is 16.5 Å². The number of hydrogen-bond donors (Lipinski definition) is 5. The van der Waals surface area contributed by atoms with Crippen LogP contribution in [0.4, 0.5) is 0 Å². The van der Waals surface area contributed by atoms with Crippen molar-refractivity contribution in [3.63, 3.8) is 0 Å². The minimum atomic E-state index is -0.877. The van der Waals surface area contributed by atoms with Crippen LogP contribution in [-0.2, 0) is 0 Å². The van der Waals surface area contributed by atoms with Crippen molar-refractivity contribution < 1.29 is 30.3 Å². The molecule has 6 heteroatoms. The van der Waals surface area contributed by atoms with E-state index in [1.54, 1.807) is 6.92 Å². The van der Waals surface area contributed by atoms with Crippen LogP contribution in [0.15, 0.2) is 11.8 Å². The van der Waals surface area contributed by atoms with Gasteiger partial charge in [0.25, 0.3) is 0 Å². The molecule has 0 amide bonds. The van der Waals surface area contributed by atoms with E-state index in [4.69, 9.17) is 0 Å². The number of phenolic OH excluding ortho intramolecular Hbond substituents is 3. The van der Waals surface area contributed by atoms with Crippen LogP contribution in [0, 0.1) is 13.8 Å². The Labute approximate surface area is 118 Å². The topological polar surface area (TPSA) is 118 Å². The van der Waals surface area contributed by atoms with Gasteiger partial charge in [0.1, 0.15) is 17.2 Å². The molecule has 108 valence electrons. The summed E-state index contributed by atoms with van der Waals surface area (Å²) in [6.07, 6.45) is 0. The van der Waals surface area contributed by atoms with Gasteiger partial charge in [-0.2, -0.15) is 0 Å². The van der Waals surface area contributed by atoms with Gasteiger partial charge in [0.2, 0.25) is 11.5 Å². The third kappa shape index (κ3) is 1.38. The van der Waals surface area contributed by atoms with Crippen LogP contribution in [0.2, 0.25) is 0 Å². The summed E-state index contributed by atoms with van der Waals surface area (Å²) in [7, 11) is 0. The van der Waals surface area contributed by atoms with Gasteiger partial charge < -0.3 is 25.5 Å². The quantitative estimate of drug-likeness (QED) is 0.508. The predicted molar refractivity (Wildman–Crippen MR) is 74.9 cm³/mol. The van der Waals surface area contributed by atoms with Gasteiger partial charge in [0.15, 0.2) is 5.76 Å². The van der Waals surface area contributed by atoms with E-state index in [0.29, 0.717) is 5.56 Å². The first-order valence-electron chi connectivity index (χ1n) is 6.15. The molecule has 0 fully saturated rings. The second-order valence-corrected chi connectivity index (χ2v) is 5.06. The van der Waals surface area contributed by atoms with Gasteiger partial charge in [-0.15, -0.1) is 0 Å². The average Bonchev–Trinajstić information content (AvgIpc) is 2.41. The summed E-state index contributed by atoms with van der Waals surface area (Å²) in [5, 5.41) is 50.0. The lowest BCUT2D eigenvalue weighted by Gasteiger charge is -2.22. The van der Waals surface area contributed by atoms with Crippen LogP contribution in [0.5, 0.6) is 17.2 Å². The molecule has 0 spiro atoms. The smallest absolute Gasteiger partial charge is 0.232 e. The molecule has 0 radical (unpaired) electrons. The highest BCUT2D eigenvalue weighted by Crippen LogP contribution is 2.49. The Hall–Kier alpha value is -2.89. The van der Waals surface area contributed by atoms with Crippen molar-refractivity contribution in [1.29, 1.82) is 0 Å². The largest absolute Gasteiger partial charge is 0.507 e. The van der Waals surface area contributed by atoms with Crippen LogP contribution in [-0.4, -0.2) is 31.3 Å². The molecule has 3 rings (SSSR count). The Morgan fingerprint density at radius 2 is 1.43 bits per heavy atom. The van der Waals surface area contributed by atoms with Crippen molar-refractivity contribution in [3.05, 3.63) is 34.1 Å². The molecular weight excluding hydrogens is 276 g/mol. The van der Waals surface area contributed by atoms with Crippen LogP contribution >= 0.6 is 0 Å². The van der Waals surface area contributed by atoms with E-state index in [1.807, 2.05) is 0 Å². The molecule has 2 aromatic rings. The molecule has 0 aromatic heterocycles. The normalized spacial score (nSPS) is 14.1. The SMILES string of the molecule is Cc1cc(O)c2c(O)c(C)c(O)c3c2c1C(=O)C(O)=C3O. The van der Waals surface area contributed by atoms with Crippen LogP contribution in [0.1, 0.15) is 27.0 Å². The summed E-state index contributed by atoms with van der Waals surface area (Å²) in [6.45, 7) is 2.93. The Kier molecular flexibility index (Phi) is 2.38. The molecule has 2 aromatic carbocycles. The Morgan fingerprint density at radius 1 is 0.810 bits per heavy atom. The molecule has 0 saturated carbocycles. The minimum Gasteiger partial charge on any atom is -0.507 e. The first kappa shape index (κ1) is 13.1. The molecule has 0 bridgehead atoms. The zero-order valence-corrected chi connectivity index (χ0v) is 11.2. The van der Waals surface area contributed by atoms with Crippen LogP contribution < -0.4 is 0 Å². The Morgan fingerprint density at radius 3 is 2.05 bits per heavy atom. The van der Waals surface area contributed by atoms with Crippen molar-refractivity contribution in [2.24, 2.45) is 0 Å². The number of ketones is 1. The van der Waals surface area contributed by atoms with E-state index >= 15 is 0 Å². The fraction of sp³-hybridized carbons (Fsp3) is 0.133. The highest BCUT2D eigenvalue weighted by atomic mass is 16.3. The average molecular weight is 288 g/mol. The van der Waals surface area contributed by atoms with Gasteiger partial charge in [-0.1, -0.05) is 0 Å². The van der Waals surface area contributed by atoms with Crippen molar-refractivity contribution in [1.82, 2.24) is 0 Å². The molecule has 1 aliphatic carbocycles. The highest BCUT2D eigenvalue weighted by molar-refractivity contribution is 6.26. The van der Waals surface area contributed by atoms with Crippen molar-refractivity contribution in [2.75, 3.05) is 0 Å². The number of phenols is 3. The van der Waals surface area contributed by atoms with E-state index in [2.05, 4.69) is 0 Å². The maximum atomic E-state index is 12.1. The van der Waals surface area contributed by atoms with Gasteiger partial charge in [0, 0.05) is 16.5 Å². The van der Waals surface area contributed by atoms with Gasteiger partial charge in [0.05, 0.1) is 10.9 Å². The zero-order valence-electron chi connectivity index (χ0n) is 11.2.